The summed E-state index contributed by atoms with van der Waals surface area (Å²) in [6, 6.07) is 15.0. The third-order valence-corrected chi connectivity index (χ3v) is 5.09. The summed E-state index contributed by atoms with van der Waals surface area (Å²) in [6.45, 7) is 5.30. The van der Waals surface area contributed by atoms with Crippen LogP contribution in [0.1, 0.15) is 11.1 Å². The number of piperazine rings is 1. The van der Waals surface area contributed by atoms with Crippen molar-refractivity contribution in [2.45, 2.75) is 13.0 Å². The van der Waals surface area contributed by atoms with E-state index in [9.17, 15) is 9.18 Å². The van der Waals surface area contributed by atoms with Crippen molar-refractivity contribution in [1.29, 1.82) is 0 Å². The number of carbonyl (C=O) groups excluding carboxylic acids is 1. The molecule has 1 N–H and O–H groups in total. The Balaban J connectivity index is 1.35. The van der Waals surface area contributed by atoms with E-state index >= 15 is 0 Å². The SMILES string of the molecule is O=C(CN1CCN(Cc2ccc(F)c(Cl)c2)CC1)NCCc1ccccc1. The van der Waals surface area contributed by atoms with Crippen LogP contribution in [0.25, 0.3) is 0 Å². The molecule has 4 nitrogen and oxygen atoms in total. The molecule has 0 spiro atoms. The molecular formula is C21H25ClFN3O. The summed E-state index contributed by atoms with van der Waals surface area (Å²) in [5, 5.41) is 3.16. The molecule has 3 rings (SSSR count). The van der Waals surface area contributed by atoms with Crippen LogP contribution in [0.2, 0.25) is 5.02 Å². The Kier molecular flexibility index (Phi) is 7.21. The molecule has 1 amide bonds. The first-order chi connectivity index (χ1) is 13.1. The molecule has 0 atom stereocenters. The van der Waals surface area contributed by atoms with Crippen molar-refractivity contribution in [1.82, 2.24) is 15.1 Å². The molecule has 1 saturated heterocycles. The maximum absolute atomic E-state index is 13.2. The Hall–Kier alpha value is -1.95. The van der Waals surface area contributed by atoms with Crippen molar-refractivity contribution in [3.63, 3.8) is 0 Å². The summed E-state index contributed by atoms with van der Waals surface area (Å²) in [4.78, 5) is 16.6. The monoisotopic (exact) mass is 389 g/mol. The first-order valence-corrected chi connectivity index (χ1v) is 9.67. The van der Waals surface area contributed by atoms with Gasteiger partial charge in [0, 0.05) is 39.3 Å². The smallest absolute Gasteiger partial charge is 0.234 e. The number of carbonyl (C=O) groups is 1. The highest BCUT2D eigenvalue weighted by molar-refractivity contribution is 6.30. The molecule has 6 heteroatoms. The van der Waals surface area contributed by atoms with Gasteiger partial charge < -0.3 is 5.32 Å². The second-order valence-corrected chi connectivity index (χ2v) is 7.29. The van der Waals surface area contributed by atoms with Gasteiger partial charge in [-0.15, -0.1) is 0 Å². The Morgan fingerprint density at radius 3 is 2.41 bits per heavy atom. The lowest BCUT2D eigenvalue weighted by molar-refractivity contribution is -0.122. The highest BCUT2D eigenvalue weighted by Gasteiger charge is 2.19. The van der Waals surface area contributed by atoms with Crippen molar-refractivity contribution in [2.24, 2.45) is 0 Å². The van der Waals surface area contributed by atoms with E-state index in [1.54, 1.807) is 12.1 Å². The fourth-order valence-corrected chi connectivity index (χ4v) is 3.45. The van der Waals surface area contributed by atoms with E-state index < -0.39 is 0 Å². The molecule has 0 saturated carbocycles. The number of hydrogen-bond donors (Lipinski definition) is 1. The molecule has 27 heavy (non-hydrogen) atoms. The van der Waals surface area contributed by atoms with Gasteiger partial charge in [-0.1, -0.05) is 48.0 Å². The van der Waals surface area contributed by atoms with Gasteiger partial charge in [-0.05, 0) is 29.7 Å². The zero-order valence-corrected chi connectivity index (χ0v) is 16.1. The van der Waals surface area contributed by atoms with Crippen LogP contribution in [-0.2, 0) is 17.8 Å². The highest BCUT2D eigenvalue weighted by Crippen LogP contribution is 2.17. The summed E-state index contributed by atoms with van der Waals surface area (Å²) in [5.41, 5.74) is 2.24. The van der Waals surface area contributed by atoms with Gasteiger partial charge in [0.1, 0.15) is 5.82 Å². The molecule has 0 radical (unpaired) electrons. The van der Waals surface area contributed by atoms with Crippen LogP contribution in [0.4, 0.5) is 4.39 Å². The molecule has 1 fully saturated rings. The Morgan fingerprint density at radius 2 is 1.70 bits per heavy atom. The second kappa shape index (κ2) is 9.83. The summed E-state index contributed by atoms with van der Waals surface area (Å²) >= 11 is 5.85. The van der Waals surface area contributed by atoms with E-state index in [0.717, 1.165) is 44.7 Å². The number of halogens is 2. The predicted molar refractivity (Wildman–Crippen MR) is 106 cm³/mol. The molecule has 2 aromatic carbocycles. The van der Waals surface area contributed by atoms with Crippen LogP contribution < -0.4 is 5.32 Å². The van der Waals surface area contributed by atoms with Crippen molar-refractivity contribution in [2.75, 3.05) is 39.3 Å². The Bertz CT molecular complexity index is 748. The minimum Gasteiger partial charge on any atom is -0.355 e. The lowest BCUT2D eigenvalue weighted by Crippen LogP contribution is -2.49. The van der Waals surface area contributed by atoms with Crippen LogP contribution >= 0.6 is 11.6 Å². The van der Waals surface area contributed by atoms with Crippen LogP contribution in [0, 0.1) is 5.82 Å². The average molecular weight is 390 g/mol. The normalized spacial score (nSPS) is 15.6. The van der Waals surface area contributed by atoms with Gasteiger partial charge in [0.2, 0.25) is 5.91 Å². The third kappa shape index (κ3) is 6.31. The van der Waals surface area contributed by atoms with Crippen LogP contribution in [-0.4, -0.2) is 55.0 Å². The van der Waals surface area contributed by atoms with Crippen molar-refractivity contribution in [3.8, 4) is 0 Å². The molecule has 0 aliphatic carbocycles. The van der Waals surface area contributed by atoms with E-state index in [-0.39, 0.29) is 16.7 Å². The minimum atomic E-state index is -0.386. The lowest BCUT2D eigenvalue weighted by atomic mass is 10.1. The molecule has 2 aromatic rings. The molecule has 1 aliphatic heterocycles. The van der Waals surface area contributed by atoms with Crippen molar-refractivity contribution >= 4 is 17.5 Å². The fraction of sp³-hybridized carbons (Fsp3) is 0.381. The lowest BCUT2D eigenvalue weighted by Gasteiger charge is -2.34. The van der Waals surface area contributed by atoms with Gasteiger partial charge in [-0.3, -0.25) is 14.6 Å². The maximum atomic E-state index is 13.2. The van der Waals surface area contributed by atoms with E-state index in [1.165, 1.54) is 11.6 Å². The van der Waals surface area contributed by atoms with E-state index in [4.69, 9.17) is 11.6 Å². The number of hydrogen-bond acceptors (Lipinski definition) is 3. The van der Waals surface area contributed by atoms with Crippen molar-refractivity contribution in [3.05, 3.63) is 70.5 Å². The molecule has 0 aromatic heterocycles. The van der Waals surface area contributed by atoms with Gasteiger partial charge in [0.15, 0.2) is 0 Å². The number of rotatable bonds is 7. The van der Waals surface area contributed by atoms with E-state index in [1.807, 2.05) is 18.2 Å². The number of benzene rings is 2. The van der Waals surface area contributed by atoms with Crippen LogP contribution in [0.5, 0.6) is 0 Å². The zero-order valence-electron chi connectivity index (χ0n) is 15.3. The van der Waals surface area contributed by atoms with E-state index in [2.05, 4.69) is 27.2 Å². The van der Waals surface area contributed by atoms with Crippen LogP contribution in [0.3, 0.4) is 0 Å². The topological polar surface area (TPSA) is 35.6 Å². The van der Waals surface area contributed by atoms with Gasteiger partial charge >= 0.3 is 0 Å². The molecule has 1 heterocycles. The predicted octanol–water partition coefficient (Wildman–Crippen LogP) is 2.96. The Morgan fingerprint density at radius 1 is 1.00 bits per heavy atom. The number of amides is 1. The first kappa shape index (κ1) is 19.8. The first-order valence-electron chi connectivity index (χ1n) is 9.29. The highest BCUT2D eigenvalue weighted by atomic mass is 35.5. The van der Waals surface area contributed by atoms with Gasteiger partial charge in [0.25, 0.3) is 0 Å². The fourth-order valence-electron chi connectivity index (χ4n) is 3.25. The van der Waals surface area contributed by atoms with Gasteiger partial charge in [0.05, 0.1) is 11.6 Å². The van der Waals surface area contributed by atoms with Gasteiger partial charge in [-0.2, -0.15) is 0 Å². The minimum absolute atomic E-state index is 0.0738. The maximum Gasteiger partial charge on any atom is 0.234 e. The zero-order chi connectivity index (χ0) is 19.1. The summed E-state index contributed by atoms with van der Waals surface area (Å²) in [5.74, 6) is -0.312. The van der Waals surface area contributed by atoms with Crippen molar-refractivity contribution < 1.29 is 9.18 Å². The molecular weight excluding hydrogens is 365 g/mol. The average Bonchev–Trinajstić information content (AvgIpc) is 2.67. The van der Waals surface area contributed by atoms with Crippen LogP contribution in [0.15, 0.2) is 48.5 Å². The molecule has 0 unspecified atom stereocenters. The Labute approximate surface area is 164 Å². The molecule has 0 bridgehead atoms. The summed E-state index contributed by atoms with van der Waals surface area (Å²) in [7, 11) is 0. The molecule has 1 aliphatic rings. The number of nitrogens with zero attached hydrogens (tertiary/aromatic N) is 2. The standard InChI is InChI=1S/C21H25ClFN3O/c22-19-14-18(6-7-20(19)23)15-25-10-12-26(13-11-25)16-21(27)24-9-8-17-4-2-1-3-5-17/h1-7,14H,8-13,15-16H2,(H,24,27). The summed E-state index contributed by atoms with van der Waals surface area (Å²) in [6.07, 6.45) is 0.848. The summed E-state index contributed by atoms with van der Waals surface area (Å²) < 4.78 is 13.2. The second-order valence-electron chi connectivity index (χ2n) is 6.89. The quantitative estimate of drug-likeness (QED) is 0.790. The van der Waals surface area contributed by atoms with E-state index in [0.29, 0.717) is 13.1 Å². The number of nitrogens with one attached hydrogen (secondary N) is 1. The third-order valence-electron chi connectivity index (χ3n) is 4.80. The van der Waals surface area contributed by atoms with Gasteiger partial charge in [-0.25, -0.2) is 4.39 Å². The largest absolute Gasteiger partial charge is 0.355 e. The molecule has 144 valence electrons.